The maximum Gasteiger partial charge on any atom is 0.304 e. The van der Waals surface area contributed by atoms with Crippen LogP contribution in [0.2, 0.25) is 10.0 Å². The van der Waals surface area contributed by atoms with Crippen molar-refractivity contribution in [3.8, 4) is 0 Å². The Bertz CT molecular complexity index is 1250. The Morgan fingerprint density at radius 1 is 1.11 bits per heavy atom. The molecule has 2 aromatic rings. The van der Waals surface area contributed by atoms with Gasteiger partial charge < -0.3 is 10.0 Å². The molecule has 1 saturated heterocycles. The molecule has 4 atom stereocenters. The molecule has 1 heterocycles. The molecular formula is C27H31Cl2NO5S. The van der Waals surface area contributed by atoms with E-state index in [0.29, 0.717) is 29.3 Å². The molecule has 1 saturated carbocycles. The Labute approximate surface area is 222 Å². The third-order valence-corrected chi connectivity index (χ3v) is 10.3. The maximum atomic E-state index is 14.2. The fourth-order valence-electron chi connectivity index (χ4n) is 5.51. The van der Waals surface area contributed by atoms with E-state index in [1.165, 1.54) is 0 Å². The van der Waals surface area contributed by atoms with Gasteiger partial charge >= 0.3 is 5.97 Å². The van der Waals surface area contributed by atoms with E-state index in [-0.39, 0.29) is 35.7 Å². The molecule has 1 N–H and O–H groups in total. The van der Waals surface area contributed by atoms with E-state index >= 15 is 0 Å². The number of sulfone groups is 1. The van der Waals surface area contributed by atoms with Crippen molar-refractivity contribution in [3.63, 3.8) is 0 Å². The highest BCUT2D eigenvalue weighted by atomic mass is 35.5. The minimum atomic E-state index is -3.39. The first-order valence-corrected chi connectivity index (χ1v) is 14.7. The van der Waals surface area contributed by atoms with Gasteiger partial charge in [0.15, 0.2) is 9.84 Å². The highest BCUT2D eigenvalue weighted by molar-refractivity contribution is 7.92. The summed E-state index contributed by atoms with van der Waals surface area (Å²) in [6, 6.07) is 13.5. The van der Waals surface area contributed by atoms with Crippen molar-refractivity contribution in [2.75, 3.05) is 5.75 Å². The molecule has 1 aliphatic heterocycles. The topological polar surface area (TPSA) is 91.8 Å². The van der Waals surface area contributed by atoms with Crippen LogP contribution < -0.4 is 0 Å². The van der Waals surface area contributed by atoms with Crippen LogP contribution in [0, 0.1) is 5.41 Å². The van der Waals surface area contributed by atoms with Crippen LogP contribution in [0.15, 0.2) is 48.5 Å². The summed E-state index contributed by atoms with van der Waals surface area (Å²) >= 11 is 12.5. The van der Waals surface area contributed by atoms with E-state index in [0.717, 1.165) is 11.1 Å². The van der Waals surface area contributed by atoms with Crippen molar-refractivity contribution in [2.45, 2.75) is 69.2 Å². The Morgan fingerprint density at radius 2 is 1.78 bits per heavy atom. The van der Waals surface area contributed by atoms with Crippen LogP contribution in [-0.4, -0.2) is 47.3 Å². The standard InChI is InChI=1S/C27H31Cl2NO5S/c1-3-21(16-36(34,35)22-11-12-22)30-25(17-7-9-19(28)10-8-17)23(18-5-4-6-20(29)13-18)14-27(2,26(30)33)15-24(31)32/h4-10,13,21-23,25H,3,11-12,14-16H2,1-2H3,(H,31,32)/t21-,23?,25+,27-/m0/s1. The van der Waals surface area contributed by atoms with E-state index in [1.54, 1.807) is 30.0 Å². The highest BCUT2D eigenvalue weighted by Gasteiger charge is 2.53. The van der Waals surface area contributed by atoms with Crippen LogP contribution in [0.5, 0.6) is 0 Å². The van der Waals surface area contributed by atoms with Gasteiger partial charge in [0.1, 0.15) is 0 Å². The van der Waals surface area contributed by atoms with E-state index in [4.69, 9.17) is 23.2 Å². The van der Waals surface area contributed by atoms with Crippen LogP contribution >= 0.6 is 23.2 Å². The summed E-state index contributed by atoms with van der Waals surface area (Å²) in [5, 5.41) is 10.4. The second-order valence-electron chi connectivity index (χ2n) is 10.3. The lowest BCUT2D eigenvalue weighted by atomic mass is 9.67. The predicted molar refractivity (Wildman–Crippen MR) is 141 cm³/mol. The van der Waals surface area contributed by atoms with Crippen LogP contribution in [0.25, 0.3) is 0 Å². The first kappa shape index (κ1) is 27.0. The zero-order valence-corrected chi connectivity index (χ0v) is 22.7. The summed E-state index contributed by atoms with van der Waals surface area (Å²) in [5.41, 5.74) is 0.479. The molecule has 0 radical (unpaired) electrons. The van der Waals surface area contributed by atoms with Gasteiger partial charge in [-0.2, -0.15) is 0 Å². The predicted octanol–water partition coefficient (Wildman–Crippen LogP) is 5.89. The van der Waals surface area contributed by atoms with Crippen molar-refractivity contribution >= 4 is 44.9 Å². The Morgan fingerprint density at radius 3 is 2.33 bits per heavy atom. The lowest BCUT2D eigenvalue weighted by molar-refractivity contribution is -0.160. The number of amides is 1. The van der Waals surface area contributed by atoms with Gasteiger partial charge in [0.2, 0.25) is 5.91 Å². The van der Waals surface area contributed by atoms with E-state index < -0.39 is 33.3 Å². The smallest absolute Gasteiger partial charge is 0.304 e. The van der Waals surface area contributed by atoms with E-state index in [2.05, 4.69) is 0 Å². The molecule has 0 aromatic heterocycles. The second kappa shape index (κ2) is 10.3. The molecule has 2 aliphatic rings. The summed E-state index contributed by atoms with van der Waals surface area (Å²) in [5.74, 6) is -1.85. The normalized spacial score (nSPS) is 25.6. The Balaban J connectivity index is 1.89. The lowest BCUT2D eigenvalue weighted by Gasteiger charge is -2.51. The summed E-state index contributed by atoms with van der Waals surface area (Å²) in [7, 11) is -3.39. The molecule has 0 spiro atoms. The fourth-order valence-corrected chi connectivity index (χ4v) is 7.89. The number of rotatable bonds is 9. The number of carbonyl (C=O) groups excluding carboxylic acids is 1. The zero-order chi connectivity index (χ0) is 26.3. The number of benzene rings is 2. The molecule has 2 fully saturated rings. The summed E-state index contributed by atoms with van der Waals surface area (Å²) in [6.07, 6.45) is 1.66. The minimum Gasteiger partial charge on any atom is -0.481 e. The molecule has 1 aliphatic carbocycles. The quantitative estimate of drug-likeness (QED) is 0.419. The number of aliphatic carboxylic acids is 1. The summed E-state index contributed by atoms with van der Waals surface area (Å²) < 4.78 is 26.1. The zero-order valence-electron chi connectivity index (χ0n) is 20.4. The van der Waals surface area contributed by atoms with Gasteiger partial charge in [-0.05, 0) is 61.1 Å². The first-order chi connectivity index (χ1) is 16.9. The van der Waals surface area contributed by atoms with Crippen LogP contribution in [0.3, 0.4) is 0 Å². The third kappa shape index (κ3) is 5.58. The van der Waals surface area contributed by atoms with E-state index in [9.17, 15) is 23.1 Å². The number of likely N-dealkylation sites (tertiary alicyclic amines) is 1. The van der Waals surface area contributed by atoms with Gasteiger partial charge in [-0.1, -0.05) is 61.3 Å². The molecule has 0 bridgehead atoms. The van der Waals surface area contributed by atoms with Crippen molar-refractivity contribution in [1.29, 1.82) is 0 Å². The molecule has 1 unspecified atom stereocenters. The van der Waals surface area contributed by atoms with Gasteiger partial charge in [-0.3, -0.25) is 9.59 Å². The number of carboxylic acid groups (broad SMARTS) is 1. The molecular weight excluding hydrogens is 521 g/mol. The van der Waals surface area contributed by atoms with Gasteiger partial charge in [-0.15, -0.1) is 0 Å². The molecule has 9 heteroatoms. The van der Waals surface area contributed by atoms with Gasteiger partial charge in [0.25, 0.3) is 0 Å². The van der Waals surface area contributed by atoms with E-state index in [1.807, 2.05) is 37.3 Å². The third-order valence-electron chi connectivity index (χ3n) is 7.45. The SMILES string of the molecule is CC[C@@H](CS(=O)(=O)C1CC1)N1C(=O)[C@](C)(CC(=O)O)CC(c2cccc(Cl)c2)[C@H]1c1ccc(Cl)cc1. The number of carbonyl (C=O) groups is 2. The van der Waals surface area contributed by atoms with Crippen LogP contribution in [0.4, 0.5) is 0 Å². The van der Waals surface area contributed by atoms with Crippen molar-refractivity contribution < 1.29 is 23.1 Å². The first-order valence-electron chi connectivity index (χ1n) is 12.2. The number of piperidine rings is 1. The largest absolute Gasteiger partial charge is 0.481 e. The Kier molecular flexibility index (Phi) is 7.75. The average Bonchev–Trinajstić information content (AvgIpc) is 3.66. The van der Waals surface area contributed by atoms with Crippen molar-refractivity contribution in [2.24, 2.45) is 5.41 Å². The minimum absolute atomic E-state index is 0.143. The molecule has 2 aromatic carbocycles. The summed E-state index contributed by atoms with van der Waals surface area (Å²) in [6.45, 7) is 3.55. The number of nitrogens with zero attached hydrogens (tertiary/aromatic N) is 1. The van der Waals surface area contributed by atoms with Crippen LogP contribution in [0.1, 0.15) is 69.0 Å². The van der Waals surface area contributed by atoms with Crippen LogP contribution in [-0.2, 0) is 19.4 Å². The van der Waals surface area contributed by atoms with Gasteiger partial charge in [-0.25, -0.2) is 8.42 Å². The molecule has 194 valence electrons. The number of hydrogen-bond donors (Lipinski definition) is 1. The average molecular weight is 553 g/mol. The molecule has 4 rings (SSSR count). The highest BCUT2D eigenvalue weighted by Crippen LogP contribution is 2.52. The Hall–Kier alpha value is -2.09. The number of carboxylic acids is 1. The lowest BCUT2D eigenvalue weighted by Crippen LogP contribution is -2.57. The summed E-state index contributed by atoms with van der Waals surface area (Å²) in [4.78, 5) is 27.7. The number of halogens is 2. The number of hydrogen-bond acceptors (Lipinski definition) is 4. The van der Waals surface area contributed by atoms with Gasteiger partial charge in [0.05, 0.1) is 28.9 Å². The monoisotopic (exact) mass is 551 g/mol. The molecule has 1 amide bonds. The molecule has 6 nitrogen and oxygen atoms in total. The maximum absolute atomic E-state index is 14.2. The fraction of sp³-hybridized carbons (Fsp3) is 0.481. The van der Waals surface area contributed by atoms with Crippen molar-refractivity contribution in [1.82, 2.24) is 4.90 Å². The molecule has 36 heavy (non-hydrogen) atoms. The van der Waals surface area contributed by atoms with Gasteiger partial charge in [0, 0.05) is 22.0 Å². The second-order valence-corrected chi connectivity index (χ2v) is 13.5. The van der Waals surface area contributed by atoms with Crippen molar-refractivity contribution in [3.05, 3.63) is 69.7 Å².